The molecule has 0 saturated carbocycles. The average Bonchev–Trinajstić information content (AvgIpc) is 3.52. The number of aliphatic carboxylic acids is 1. The van der Waals surface area contributed by atoms with Crippen LogP contribution in [0.4, 0.5) is 5.13 Å². The summed E-state index contributed by atoms with van der Waals surface area (Å²) in [6, 6.07) is 2.48. The van der Waals surface area contributed by atoms with Gasteiger partial charge in [0, 0.05) is 16.7 Å². The fourth-order valence-corrected chi connectivity index (χ4v) is 6.15. The Morgan fingerprint density at radius 2 is 2.24 bits per heavy atom. The highest BCUT2D eigenvalue weighted by Crippen LogP contribution is 2.40. The zero-order valence-electron chi connectivity index (χ0n) is 19.9. The number of thioether (sulfide) groups is 1. The minimum Gasteiger partial charge on any atom is -0.543 e. The number of carbonyl (C=O) groups excluding carboxylic acids is 4. The van der Waals surface area contributed by atoms with Crippen LogP contribution in [0.25, 0.3) is 5.52 Å². The van der Waals surface area contributed by atoms with E-state index in [-0.39, 0.29) is 35.4 Å². The van der Waals surface area contributed by atoms with E-state index in [1.54, 1.807) is 52.0 Å². The van der Waals surface area contributed by atoms with Crippen molar-refractivity contribution in [1.29, 1.82) is 0 Å². The Kier molecular flexibility index (Phi) is 6.86. The molecule has 13 nitrogen and oxygen atoms in total. The molecule has 0 unspecified atom stereocenters. The molecule has 3 N–H and O–H groups in total. The fraction of sp³-hybridized carbons (Fsp3) is 0.261. The molecule has 3 aromatic rings. The van der Waals surface area contributed by atoms with Crippen molar-refractivity contribution in [3.63, 3.8) is 0 Å². The number of carboxylic acid groups (broad SMARTS) is 1. The standard InChI is InChI=1S/C23H21N7O6S2/c1-2-36-27-16(15-11-38-23(24)25-15)19(32)26-17-20(33)30-18(22(34)35)12(10-37-21(17)30)7-28-5-6-29-13(8-28)3-4-14(29)9-31/h3-6,8-9,11,17,21H,2,7,10H2,1H3,(H3-,24,25,26,32,34,35)/b27-16-/t17-,21+/m1/s1. The van der Waals surface area contributed by atoms with Gasteiger partial charge >= 0.3 is 0 Å². The summed E-state index contributed by atoms with van der Waals surface area (Å²) < 4.78 is 3.47. The number of carbonyl (C=O) groups is 4. The summed E-state index contributed by atoms with van der Waals surface area (Å²) in [6.07, 6.45) is 5.93. The second kappa shape index (κ2) is 10.3. The molecule has 2 aliphatic heterocycles. The van der Waals surface area contributed by atoms with Gasteiger partial charge in [0.05, 0.1) is 23.6 Å². The van der Waals surface area contributed by atoms with Crippen molar-refractivity contribution in [3.05, 3.63) is 58.8 Å². The van der Waals surface area contributed by atoms with Crippen LogP contribution in [0.5, 0.6) is 0 Å². The van der Waals surface area contributed by atoms with Gasteiger partial charge in [0.25, 0.3) is 11.8 Å². The van der Waals surface area contributed by atoms with Crippen LogP contribution in [0.3, 0.4) is 0 Å². The summed E-state index contributed by atoms with van der Waals surface area (Å²) in [5, 5.41) is 19.7. The SMILES string of the molecule is CCO/N=C(\C(=O)N[C@@H]1C(=O)N2C(C(=O)[O-])=C(C[n+]3ccn4c(C=O)ccc4c3)CS[C@@H]12)c1csc(N)n1. The molecule has 2 aliphatic rings. The second-order valence-electron chi connectivity index (χ2n) is 8.30. The Balaban J connectivity index is 1.35. The van der Waals surface area contributed by atoms with E-state index >= 15 is 0 Å². The minimum absolute atomic E-state index is 0.141. The number of fused-ring (bicyclic) bond motifs is 2. The van der Waals surface area contributed by atoms with E-state index in [0.717, 1.165) is 28.0 Å². The zero-order chi connectivity index (χ0) is 27.0. The molecular weight excluding hydrogens is 534 g/mol. The monoisotopic (exact) mass is 555 g/mol. The molecule has 0 bridgehead atoms. The Hall–Kier alpha value is -4.24. The Morgan fingerprint density at radius 1 is 1.42 bits per heavy atom. The molecule has 2 amide bonds. The minimum atomic E-state index is -1.48. The molecule has 5 rings (SSSR count). The van der Waals surface area contributed by atoms with Crippen LogP contribution in [-0.4, -0.2) is 67.8 Å². The summed E-state index contributed by atoms with van der Waals surface area (Å²) >= 11 is 2.45. The molecule has 3 aromatic heterocycles. The van der Waals surface area contributed by atoms with Crippen molar-refractivity contribution in [2.24, 2.45) is 5.16 Å². The van der Waals surface area contributed by atoms with E-state index < -0.39 is 29.2 Å². The van der Waals surface area contributed by atoms with Gasteiger partial charge in [0.15, 0.2) is 36.1 Å². The highest BCUT2D eigenvalue weighted by molar-refractivity contribution is 8.00. The number of thiazole rings is 1. The van der Waals surface area contributed by atoms with E-state index in [0.29, 0.717) is 17.0 Å². The number of oxime groups is 1. The van der Waals surface area contributed by atoms with Gasteiger partial charge in [-0.3, -0.25) is 19.3 Å². The largest absolute Gasteiger partial charge is 0.543 e. The molecule has 1 fully saturated rings. The first-order chi connectivity index (χ1) is 18.3. The second-order valence-corrected chi connectivity index (χ2v) is 10.3. The highest BCUT2D eigenvalue weighted by Gasteiger charge is 2.53. The molecule has 15 heteroatoms. The van der Waals surface area contributed by atoms with Gasteiger partial charge in [0.1, 0.15) is 29.2 Å². The molecule has 1 saturated heterocycles. The van der Waals surface area contributed by atoms with Crippen LogP contribution in [-0.2, 0) is 25.8 Å². The number of nitrogens with zero attached hydrogens (tertiary/aromatic N) is 5. The van der Waals surface area contributed by atoms with Crippen molar-refractivity contribution in [2.75, 3.05) is 18.1 Å². The molecule has 0 radical (unpaired) electrons. The third-order valence-electron chi connectivity index (χ3n) is 5.97. The van der Waals surface area contributed by atoms with E-state index in [1.807, 2.05) is 0 Å². The molecule has 0 aliphatic carbocycles. The molecule has 0 spiro atoms. The van der Waals surface area contributed by atoms with E-state index in [2.05, 4.69) is 15.5 Å². The van der Waals surface area contributed by atoms with E-state index in [1.165, 1.54) is 11.8 Å². The van der Waals surface area contributed by atoms with Crippen molar-refractivity contribution in [3.8, 4) is 0 Å². The van der Waals surface area contributed by atoms with Crippen LogP contribution < -0.4 is 20.7 Å². The predicted molar refractivity (Wildman–Crippen MR) is 135 cm³/mol. The van der Waals surface area contributed by atoms with Crippen molar-refractivity contribution < 1.29 is 33.7 Å². The first kappa shape index (κ1) is 25.4. The number of β-lactam (4-membered cyclic amide) rings is 1. The molecular formula is C23H21N7O6S2. The predicted octanol–water partition coefficient (Wildman–Crippen LogP) is -1.08. The lowest BCUT2D eigenvalue weighted by molar-refractivity contribution is -0.688. The number of nitrogens with one attached hydrogen (secondary N) is 1. The lowest BCUT2D eigenvalue weighted by Crippen LogP contribution is -2.71. The van der Waals surface area contributed by atoms with Gasteiger partial charge in [0.2, 0.25) is 0 Å². The third-order valence-corrected chi connectivity index (χ3v) is 7.99. The summed E-state index contributed by atoms with van der Waals surface area (Å²) in [4.78, 5) is 59.6. The normalized spacial score (nSPS) is 19.2. The molecule has 5 heterocycles. The maximum atomic E-state index is 13.1. The molecule has 196 valence electrons. The van der Waals surface area contributed by atoms with E-state index in [9.17, 15) is 24.3 Å². The quantitative estimate of drug-likeness (QED) is 0.109. The molecule has 2 atom stereocenters. The number of amides is 2. The number of nitrogen functional groups attached to an aromatic ring is 1. The Morgan fingerprint density at radius 3 is 2.92 bits per heavy atom. The van der Waals surface area contributed by atoms with Crippen LogP contribution in [0.1, 0.15) is 23.1 Å². The summed E-state index contributed by atoms with van der Waals surface area (Å²) in [5.74, 6) is -2.46. The van der Waals surface area contributed by atoms with Gasteiger partial charge < -0.3 is 30.2 Å². The molecule has 38 heavy (non-hydrogen) atoms. The Labute approximate surface area is 223 Å². The first-order valence-corrected chi connectivity index (χ1v) is 13.3. The topological polar surface area (TPSA) is 175 Å². The number of hydrogen-bond donors (Lipinski definition) is 2. The summed E-state index contributed by atoms with van der Waals surface area (Å²) in [6.45, 7) is 2.10. The van der Waals surface area contributed by atoms with Crippen LogP contribution >= 0.6 is 23.1 Å². The van der Waals surface area contributed by atoms with Gasteiger partial charge in [-0.15, -0.1) is 23.1 Å². The number of anilines is 1. The van der Waals surface area contributed by atoms with Crippen molar-refractivity contribution >= 4 is 63.5 Å². The number of carboxylic acids is 1. The van der Waals surface area contributed by atoms with Gasteiger partial charge in [-0.2, -0.15) is 4.57 Å². The van der Waals surface area contributed by atoms with Gasteiger partial charge in [-0.05, 0) is 19.1 Å². The number of rotatable bonds is 9. The van der Waals surface area contributed by atoms with Crippen molar-refractivity contribution in [2.45, 2.75) is 24.9 Å². The smallest absolute Gasteiger partial charge is 0.276 e. The van der Waals surface area contributed by atoms with Crippen LogP contribution in [0.2, 0.25) is 0 Å². The maximum Gasteiger partial charge on any atom is 0.276 e. The number of aromatic nitrogens is 3. The summed E-state index contributed by atoms with van der Waals surface area (Å²) in [7, 11) is 0. The van der Waals surface area contributed by atoms with Crippen LogP contribution in [0, 0.1) is 0 Å². The van der Waals surface area contributed by atoms with E-state index in [4.69, 9.17) is 10.6 Å². The number of nitrogens with two attached hydrogens (primary N) is 1. The van der Waals surface area contributed by atoms with Crippen LogP contribution in [0.15, 0.2) is 52.5 Å². The average molecular weight is 556 g/mol. The van der Waals surface area contributed by atoms with Crippen molar-refractivity contribution in [1.82, 2.24) is 19.6 Å². The van der Waals surface area contributed by atoms with Gasteiger partial charge in [-0.1, -0.05) is 5.16 Å². The summed E-state index contributed by atoms with van der Waals surface area (Å²) in [5.41, 5.74) is 7.25. The lowest BCUT2D eigenvalue weighted by Gasteiger charge is -2.50. The third kappa shape index (κ3) is 4.50. The Bertz CT molecular complexity index is 1530. The maximum absolute atomic E-state index is 13.1. The first-order valence-electron chi connectivity index (χ1n) is 11.4. The van der Waals surface area contributed by atoms with Gasteiger partial charge in [-0.25, -0.2) is 4.98 Å². The highest BCUT2D eigenvalue weighted by atomic mass is 32.2. The molecule has 0 aromatic carbocycles. The fourth-order valence-electron chi connectivity index (χ4n) is 4.27. The zero-order valence-corrected chi connectivity index (χ0v) is 21.5. The number of aldehydes is 1. The lowest BCUT2D eigenvalue weighted by atomic mass is 10.0. The number of hydrogen-bond acceptors (Lipinski definition) is 11.